The fraction of sp³-hybridized carbons (Fsp3) is 0.562. The van der Waals surface area contributed by atoms with E-state index in [1.807, 2.05) is 25.3 Å². The summed E-state index contributed by atoms with van der Waals surface area (Å²) in [6.07, 6.45) is 7.55. The van der Waals surface area contributed by atoms with E-state index < -0.39 is 0 Å². The zero-order valence-corrected chi connectivity index (χ0v) is 25.6. The van der Waals surface area contributed by atoms with E-state index in [2.05, 4.69) is 65.1 Å². The molecular formula is C32H44N8O2. The van der Waals surface area contributed by atoms with Gasteiger partial charge in [-0.15, -0.1) is 0 Å². The second kappa shape index (κ2) is 12.7. The van der Waals surface area contributed by atoms with Crippen LogP contribution in [0.2, 0.25) is 0 Å². The minimum atomic E-state index is -0.237. The van der Waals surface area contributed by atoms with Crippen LogP contribution in [0.1, 0.15) is 52.5 Å². The lowest BCUT2D eigenvalue weighted by Gasteiger charge is -2.47. The molecule has 5 heterocycles. The van der Waals surface area contributed by atoms with Gasteiger partial charge in [0, 0.05) is 69.1 Å². The van der Waals surface area contributed by atoms with Gasteiger partial charge in [-0.2, -0.15) is 10.4 Å². The van der Waals surface area contributed by atoms with Crippen LogP contribution in [-0.4, -0.2) is 94.8 Å². The Morgan fingerprint density at radius 3 is 2.64 bits per heavy atom. The lowest BCUT2D eigenvalue weighted by molar-refractivity contribution is -0.124. The van der Waals surface area contributed by atoms with Crippen molar-refractivity contribution in [2.45, 2.75) is 58.5 Å². The van der Waals surface area contributed by atoms with Crippen molar-refractivity contribution in [1.29, 1.82) is 5.26 Å². The highest BCUT2D eigenvalue weighted by molar-refractivity contribution is 5.85. The summed E-state index contributed by atoms with van der Waals surface area (Å²) in [6.45, 7) is 14.6. The summed E-state index contributed by atoms with van der Waals surface area (Å²) in [5.74, 6) is 2.09. The Morgan fingerprint density at radius 2 is 2.00 bits per heavy atom. The fourth-order valence-electron chi connectivity index (χ4n) is 6.28. The van der Waals surface area contributed by atoms with Gasteiger partial charge in [-0.1, -0.05) is 13.8 Å². The summed E-state index contributed by atoms with van der Waals surface area (Å²) >= 11 is 0. The fourth-order valence-corrected chi connectivity index (χ4v) is 6.28. The van der Waals surface area contributed by atoms with Crippen molar-refractivity contribution in [3.8, 4) is 22.9 Å². The molecule has 1 amide bonds. The van der Waals surface area contributed by atoms with Gasteiger partial charge in [0.15, 0.2) is 0 Å². The van der Waals surface area contributed by atoms with Gasteiger partial charge in [-0.25, -0.2) is 9.50 Å². The van der Waals surface area contributed by atoms with Crippen LogP contribution in [0.15, 0.2) is 36.8 Å². The molecule has 224 valence electrons. The summed E-state index contributed by atoms with van der Waals surface area (Å²) < 4.78 is 7.46. The predicted molar refractivity (Wildman–Crippen MR) is 165 cm³/mol. The van der Waals surface area contributed by atoms with Crippen LogP contribution < -0.4 is 15.0 Å². The second-order valence-electron chi connectivity index (χ2n) is 12.4. The summed E-state index contributed by atoms with van der Waals surface area (Å²) in [4.78, 5) is 25.1. The maximum atomic E-state index is 13.0. The van der Waals surface area contributed by atoms with E-state index >= 15 is 0 Å². The highest BCUT2D eigenvalue weighted by Crippen LogP contribution is 2.33. The first-order valence-corrected chi connectivity index (χ1v) is 15.2. The van der Waals surface area contributed by atoms with Gasteiger partial charge in [-0.05, 0) is 57.9 Å². The number of carbonyl (C=O) groups is 1. The molecule has 0 radical (unpaired) electrons. The number of nitriles is 1. The standard InChI is InChI=1S/C32H44N8O2/c1-6-42-27-16-28(31-26(17-33)19-35-40(31)21-27)25-7-8-29(34-18-25)39-11-9-32(10-12-39,36-30(41)15-23(2)3)22-38-14-13-37(5)24(4)20-38/h7-8,16,18-19,21,23-24H,6,9-15,20,22H2,1-5H3,(H,36,41). The Kier molecular flexibility index (Phi) is 8.99. The molecule has 0 aromatic carbocycles. The number of piperidine rings is 1. The minimum absolute atomic E-state index is 0.153. The zero-order valence-electron chi connectivity index (χ0n) is 25.6. The van der Waals surface area contributed by atoms with E-state index in [9.17, 15) is 10.1 Å². The highest BCUT2D eigenvalue weighted by Gasteiger charge is 2.39. The van der Waals surface area contributed by atoms with E-state index in [0.717, 1.165) is 74.6 Å². The van der Waals surface area contributed by atoms with Crippen LogP contribution in [0.5, 0.6) is 5.75 Å². The Balaban J connectivity index is 1.33. The third-order valence-corrected chi connectivity index (χ3v) is 8.69. The van der Waals surface area contributed by atoms with Crippen LogP contribution in [0.4, 0.5) is 5.82 Å². The molecule has 3 aromatic heterocycles. The van der Waals surface area contributed by atoms with Crippen LogP contribution in [0.3, 0.4) is 0 Å². The molecule has 0 bridgehead atoms. The first-order valence-electron chi connectivity index (χ1n) is 15.2. The van der Waals surface area contributed by atoms with Gasteiger partial charge < -0.3 is 19.9 Å². The monoisotopic (exact) mass is 572 g/mol. The first-order chi connectivity index (χ1) is 20.2. The highest BCUT2D eigenvalue weighted by atomic mass is 16.5. The van der Waals surface area contributed by atoms with Gasteiger partial charge in [0.1, 0.15) is 17.6 Å². The predicted octanol–water partition coefficient (Wildman–Crippen LogP) is 3.80. The lowest BCUT2D eigenvalue weighted by atomic mass is 9.85. The van der Waals surface area contributed by atoms with Crippen LogP contribution >= 0.6 is 0 Å². The van der Waals surface area contributed by atoms with E-state index in [1.165, 1.54) is 0 Å². The van der Waals surface area contributed by atoms with Crippen LogP contribution in [-0.2, 0) is 4.79 Å². The van der Waals surface area contributed by atoms with Crippen molar-refractivity contribution in [2.24, 2.45) is 5.92 Å². The minimum Gasteiger partial charge on any atom is -0.492 e. The molecule has 1 atom stereocenters. The molecular weight excluding hydrogens is 528 g/mol. The summed E-state index contributed by atoms with van der Waals surface area (Å²) in [5.41, 5.74) is 2.78. The normalized spacial score (nSPS) is 19.6. The molecule has 2 aliphatic heterocycles. The van der Waals surface area contributed by atoms with Crippen LogP contribution in [0.25, 0.3) is 16.6 Å². The summed E-state index contributed by atoms with van der Waals surface area (Å²) in [6, 6.07) is 8.81. The first kappa shape index (κ1) is 29.8. The van der Waals surface area contributed by atoms with Crippen molar-refractivity contribution >= 4 is 17.2 Å². The van der Waals surface area contributed by atoms with Gasteiger partial charge in [-0.3, -0.25) is 9.69 Å². The van der Waals surface area contributed by atoms with Crippen LogP contribution in [0, 0.1) is 17.2 Å². The maximum absolute atomic E-state index is 13.0. The molecule has 10 nitrogen and oxygen atoms in total. The van der Waals surface area contributed by atoms with Crippen molar-refractivity contribution in [2.75, 3.05) is 57.8 Å². The average Bonchev–Trinajstić information content (AvgIpc) is 3.38. The maximum Gasteiger partial charge on any atom is 0.220 e. The molecule has 1 unspecified atom stereocenters. The number of fused-ring (bicyclic) bond motifs is 1. The summed E-state index contributed by atoms with van der Waals surface area (Å²) in [7, 11) is 2.19. The van der Waals surface area contributed by atoms with E-state index in [4.69, 9.17) is 9.72 Å². The number of anilines is 1. The number of aromatic nitrogens is 3. The average molecular weight is 573 g/mol. The van der Waals surface area contributed by atoms with Crippen molar-refractivity contribution in [3.63, 3.8) is 0 Å². The molecule has 1 N–H and O–H groups in total. The number of pyridine rings is 2. The van der Waals surface area contributed by atoms with Crippen molar-refractivity contribution in [1.82, 2.24) is 29.7 Å². The quantitative estimate of drug-likeness (QED) is 0.413. The zero-order chi connectivity index (χ0) is 29.9. The van der Waals surface area contributed by atoms with Gasteiger partial charge in [0.2, 0.25) is 5.91 Å². The number of amides is 1. The Bertz CT molecular complexity index is 1420. The largest absolute Gasteiger partial charge is 0.492 e. The Morgan fingerprint density at radius 1 is 1.21 bits per heavy atom. The third-order valence-electron chi connectivity index (χ3n) is 8.69. The topological polar surface area (TPSA) is 102 Å². The van der Waals surface area contributed by atoms with Crippen molar-refractivity contribution < 1.29 is 9.53 Å². The van der Waals surface area contributed by atoms with Crippen molar-refractivity contribution in [3.05, 3.63) is 42.4 Å². The number of piperazine rings is 1. The number of likely N-dealkylation sites (N-methyl/N-ethyl adjacent to an activating group) is 1. The second-order valence-corrected chi connectivity index (χ2v) is 12.4. The molecule has 0 aliphatic carbocycles. The number of nitrogens with zero attached hydrogens (tertiary/aromatic N) is 7. The van der Waals surface area contributed by atoms with E-state index in [1.54, 1.807) is 16.9 Å². The number of hydrogen-bond donors (Lipinski definition) is 1. The SMILES string of the molecule is CCOc1cc(-c2ccc(N3CCC(CN4CCN(C)C(C)C4)(NC(=O)CC(C)C)CC3)nc2)c2c(C#N)cnn2c1. The molecule has 0 spiro atoms. The number of rotatable bonds is 9. The Hall–Kier alpha value is -3.68. The molecule has 5 rings (SSSR count). The number of nitrogens with one attached hydrogen (secondary N) is 1. The molecule has 2 aliphatic rings. The van der Waals surface area contributed by atoms with Gasteiger partial charge >= 0.3 is 0 Å². The third kappa shape index (κ3) is 6.53. The van der Waals surface area contributed by atoms with Gasteiger partial charge in [0.05, 0.1) is 35.6 Å². The molecule has 42 heavy (non-hydrogen) atoms. The molecule has 10 heteroatoms. The molecule has 2 fully saturated rings. The van der Waals surface area contributed by atoms with E-state index in [-0.39, 0.29) is 11.4 Å². The van der Waals surface area contributed by atoms with E-state index in [0.29, 0.717) is 36.3 Å². The van der Waals surface area contributed by atoms with Gasteiger partial charge in [0.25, 0.3) is 0 Å². The smallest absolute Gasteiger partial charge is 0.220 e. The Labute approximate surface area is 249 Å². The number of carbonyl (C=O) groups excluding carboxylic acids is 1. The lowest BCUT2D eigenvalue weighted by Crippen LogP contribution is -2.63. The number of ether oxygens (including phenoxy) is 1. The molecule has 2 saturated heterocycles. The molecule has 0 saturated carbocycles. The number of hydrogen-bond acceptors (Lipinski definition) is 8. The summed E-state index contributed by atoms with van der Waals surface area (Å²) in [5, 5.41) is 17.5. The molecule has 3 aromatic rings.